The van der Waals surface area contributed by atoms with E-state index in [4.69, 9.17) is 9.47 Å². The van der Waals surface area contributed by atoms with E-state index in [1.165, 1.54) is 21.3 Å². The average Bonchev–Trinajstić information content (AvgIpc) is 2.95. The predicted molar refractivity (Wildman–Crippen MR) is 159 cm³/mol. The zero-order valence-electron chi connectivity index (χ0n) is 26.4. The second-order valence-electron chi connectivity index (χ2n) is 10.6. The number of rotatable bonds is 27. The van der Waals surface area contributed by atoms with Crippen LogP contribution in [-0.2, 0) is 28.6 Å². The summed E-state index contributed by atoms with van der Waals surface area (Å²) in [6.07, 6.45) is 7.39. The van der Waals surface area contributed by atoms with Gasteiger partial charge in [0, 0.05) is 71.7 Å². The highest BCUT2D eigenvalue weighted by Gasteiger charge is 2.11. The van der Waals surface area contributed by atoms with Gasteiger partial charge in [0.25, 0.3) is 0 Å². The summed E-state index contributed by atoms with van der Waals surface area (Å²) in [5.74, 6) is -0.442. The van der Waals surface area contributed by atoms with Gasteiger partial charge in [-0.05, 0) is 59.9 Å². The van der Waals surface area contributed by atoms with Gasteiger partial charge in [-0.1, -0.05) is 12.8 Å². The Morgan fingerprint density at radius 2 is 0.875 bits per heavy atom. The molecule has 0 amide bonds. The van der Waals surface area contributed by atoms with Crippen LogP contribution < -0.4 is 5.32 Å². The zero-order chi connectivity index (χ0) is 30.0. The van der Waals surface area contributed by atoms with Crippen LogP contribution >= 0.6 is 0 Å². The Morgan fingerprint density at radius 1 is 0.475 bits per heavy atom. The molecule has 0 aromatic rings. The number of hydrogen-bond donors (Lipinski definition) is 1. The van der Waals surface area contributed by atoms with Crippen LogP contribution in [0.2, 0.25) is 0 Å². The molecule has 0 radical (unpaired) electrons. The molecule has 236 valence electrons. The SMILES string of the molecule is COC(=O)CCCCCN(C)CCN(CCN(C)CCCCCC(=O)OC)CCN(C)CCNCCC(=O)OC. The van der Waals surface area contributed by atoms with Crippen LogP contribution in [-0.4, -0.2) is 152 Å². The zero-order valence-corrected chi connectivity index (χ0v) is 26.4. The van der Waals surface area contributed by atoms with Gasteiger partial charge in [0.2, 0.25) is 0 Å². The predicted octanol–water partition coefficient (Wildman–Crippen LogP) is 1.70. The normalized spacial score (nSPS) is 11.6. The summed E-state index contributed by atoms with van der Waals surface area (Å²) in [5, 5.41) is 3.30. The summed E-state index contributed by atoms with van der Waals surface area (Å²) in [7, 11) is 10.8. The minimum absolute atomic E-state index is 0.128. The minimum atomic E-state index is -0.186. The molecule has 0 atom stereocenters. The first-order valence-corrected chi connectivity index (χ1v) is 14.9. The fourth-order valence-corrected chi connectivity index (χ4v) is 4.15. The standard InChI is InChI=1S/C29H59N5O6/c1-31(18-11-7-9-13-27(35)38-4)21-24-34(25-22-32(2)19-12-8-10-14-28(36)39-5)26-23-33(3)20-17-30-16-15-29(37)40-6/h30H,7-26H2,1-6H3. The lowest BCUT2D eigenvalue weighted by atomic mass is 10.2. The van der Waals surface area contributed by atoms with Crippen molar-refractivity contribution < 1.29 is 28.6 Å². The van der Waals surface area contributed by atoms with Gasteiger partial charge in [-0.2, -0.15) is 0 Å². The van der Waals surface area contributed by atoms with E-state index in [0.717, 1.165) is 104 Å². The molecule has 0 bridgehead atoms. The Kier molecular flexibility index (Phi) is 25.0. The van der Waals surface area contributed by atoms with E-state index in [1.807, 2.05) is 0 Å². The number of ether oxygens (including phenoxy) is 3. The van der Waals surface area contributed by atoms with Crippen LogP contribution in [0.5, 0.6) is 0 Å². The van der Waals surface area contributed by atoms with E-state index in [0.29, 0.717) is 25.8 Å². The van der Waals surface area contributed by atoms with E-state index in [1.54, 1.807) is 0 Å². The van der Waals surface area contributed by atoms with Gasteiger partial charge in [-0.15, -0.1) is 0 Å². The minimum Gasteiger partial charge on any atom is -0.469 e. The second-order valence-corrected chi connectivity index (χ2v) is 10.6. The molecule has 0 aliphatic heterocycles. The van der Waals surface area contributed by atoms with Gasteiger partial charge in [0.15, 0.2) is 0 Å². The molecule has 0 unspecified atom stereocenters. The van der Waals surface area contributed by atoms with E-state index >= 15 is 0 Å². The van der Waals surface area contributed by atoms with Crippen LogP contribution in [0.25, 0.3) is 0 Å². The van der Waals surface area contributed by atoms with E-state index in [2.05, 4.69) is 50.8 Å². The van der Waals surface area contributed by atoms with Gasteiger partial charge >= 0.3 is 17.9 Å². The van der Waals surface area contributed by atoms with Crippen molar-refractivity contribution in [3.63, 3.8) is 0 Å². The third kappa shape index (κ3) is 24.0. The van der Waals surface area contributed by atoms with Crippen LogP contribution in [0.15, 0.2) is 0 Å². The van der Waals surface area contributed by atoms with Gasteiger partial charge in [-0.25, -0.2) is 0 Å². The number of nitrogens with one attached hydrogen (secondary N) is 1. The van der Waals surface area contributed by atoms with E-state index in [9.17, 15) is 14.4 Å². The molecule has 0 saturated carbocycles. The number of carbonyl (C=O) groups excluding carboxylic acids is 3. The van der Waals surface area contributed by atoms with Crippen LogP contribution in [0, 0.1) is 0 Å². The summed E-state index contributed by atoms with van der Waals surface area (Å²) >= 11 is 0. The maximum atomic E-state index is 11.3. The second kappa shape index (κ2) is 26.1. The van der Waals surface area contributed by atoms with Crippen molar-refractivity contribution in [2.24, 2.45) is 0 Å². The number of methoxy groups -OCH3 is 3. The van der Waals surface area contributed by atoms with Crippen molar-refractivity contribution in [1.29, 1.82) is 0 Å². The largest absolute Gasteiger partial charge is 0.469 e. The first kappa shape index (κ1) is 38.2. The Balaban J connectivity index is 4.45. The third-order valence-corrected chi connectivity index (χ3v) is 7.09. The van der Waals surface area contributed by atoms with Crippen molar-refractivity contribution in [3.05, 3.63) is 0 Å². The Labute approximate surface area is 243 Å². The smallest absolute Gasteiger partial charge is 0.306 e. The summed E-state index contributed by atoms with van der Waals surface area (Å²) in [4.78, 5) is 43.4. The fourth-order valence-electron chi connectivity index (χ4n) is 4.15. The molecule has 0 heterocycles. The lowest BCUT2D eigenvalue weighted by Gasteiger charge is -2.29. The molecule has 0 rings (SSSR count). The monoisotopic (exact) mass is 573 g/mol. The molecule has 0 aromatic carbocycles. The topological polar surface area (TPSA) is 104 Å². The number of nitrogens with zero attached hydrogens (tertiary/aromatic N) is 4. The molecule has 1 N–H and O–H groups in total. The Morgan fingerprint density at radius 3 is 1.30 bits per heavy atom. The quantitative estimate of drug-likeness (QED) is 0.0882. The number of carbonyl (C=O) groups is 3. The molecular formula is C29H59N5O6. The number of likely N-dealkylation sites (N-methyl/N-ethyl adjacent to an activating group) is 3. The highest BCUT2D eigenvalue weighted by atomic mass is 16.5. The molecule has 11 nitrogen and oxygen atoms in total. The van der Waals surface area contributed by atoms with Gasteiger partial charge < -0.3 is 34.2 Å². The lowest BCUT2D eigenvalue weighted by molar-refractivity contribution is -0.141. The highest BCUT2D eigenvalue weighted by molar-refractivity contribution is 5.69. The number of unbranched alkanes of at least 4 members (excludes halogenated alkanes) is 4. The van der Waals surface area contributed by atoms with Crippen LogP contribution in [0.3, 0.4) is 0 Å². The van der Waals surface area contributed by atoms with Crippen molar-refractivity contribution in [1.82, 2.24) is 24.9 Å². The first-order valence-electron chi connectivity index (χ1n) is 14.9. The van der Waals surface area contributed by atoms with Crippen LogP contribution in [0.1, 0.15) is 57.8 Å². The lowest BCUT2D eigenvalue weighted by Crippen LogP contribution is -2.42. The Bertz CT molecular complexity index is 569. The number of hydrogen-bond acceptors (Lipinski definition) is 11. The molecule has 0 fully saturated rings. The molecule has 0 aliphatic carbocycles. The first-order chi connectivity index (χ1) is 19.2. The number of esters is 3. The summed E-state index contributed by atoms with van der Waals surface area (Å²) in [5.41, 5.74) is 0. The van der Waals surface area contributed by atoms with Crippen molar-refractivity contribution in [3.8, 4) is 0 Å². The van der Waals surface area contributed by atoms with Gasteiger partial charge in [-0.3, -0.25) is 19.3 Å². The maximum absolute atomic E-state index is 11.3. The third-order valence-electron chi connectivity index (χ3n) is 7.09. The summed E-state index contributed by atoms with van der Waals surface area (Å²) in [6.45, 7) is 10.5. The molecule has 0 spiro atoms. The van der Waals surface area contributed by atoms with Crippen molar-refractivity contribution >= 4 is 17.9 Å². The molecular weight excluding hydrogens is 514 g/mol. The molecule has 0 aliphatic rings. The van der Waals surface area contributed by atoms with E-state index in [-0.39, 0.29) is 17.9 Å². The van der Waals surface area contributed by atoms with Gasteiger partial charge in [0.05, 0.1) is 27.8 Å². The van der Waals surface area contributed by atoms with E-state index < -0.39 is 0 Å². The fraction of sp³-hybridized carbons (Fsp3) is 0.897. The average molecular weight is 574 g/mol. The molecule has 0 aromatic heterocycles. The molecule has 0 saturated heterocycles. The molecule has 11 heteroatoms. The van der Waals surface area contributed by atoms with Crippen molar-refractivity contribution in [2.75, 3.05) is 114 Å². The highest BCUT2D eigenvalue weighted by Crippen LogP contribution is 2.04. The Hall–Kier alpha value is -1.79. The summed E-state index contributed by atoms with van der Waals surface area (Å²) < 4.78 is 14.1. The summed E-state index contributed by atoms with van der Waals surface area (Å²) in [6, 6.07) is 0. The van der Waals surface area contributed by atoms with Crippen LogP contribution in [0.4, 0.5) is 0 Å². The van der Waals surface area contributed by atoms with Crippen molar-refractivity contribution in [2.45, 2.75) is 57.8 Å². The molecule has 40 heavy (non-hydrogen) atoms. The van der Waals surface area contributed by atoms with Gasteiger partial charge in [0.1, 0.15) is 0 Å². The maximum Gasteiger partial charge on any atom is 0.306 e.